The van der Waals surface area contributed by atoms with Crippen LogP contribution in [-0.2, 0) is 13.1 Å². The second kappa shape index (κ2) is 8.18. The molecule has 0 spiro atoms. The number of aromatic nitrogens is 2. The zero-order chi connectivity index (χ0) is 18.5. The molecule has 0 unspecified atom stereocenters. The molecule has 0 aliphatic carbocycles. The number of hydrogen-bond acceptors (Lipinski definition) is 3. The van der Waals surface area contributed by atoms with E-state index in [1.54, 1.807) is 6.07 Å². The highest BCUT2D eigenvalue weighted by Crippen LogP contribution is 2.18. The number of hydrogen-bond donors (Lipinski definition) is 2. The van der Waals surface area contributed by atoms with Crippen molar-refractivity contribution in [2.24, 2.45) is 0 Å². The number of nitrogens with zero attached hydrogens (tertiary/aromatic N) is 2. The lowest BCUT2D eigenvalue weighted by Gasteiger charge is -2.17. The van der Waals surface area contributed by atoms with E-state index in [-0.39, 0.29) is 5.91 Å². The van der Waals surface area contributed by atoms with Crippen LogP contribution in [0.3, 0.4) is 0 Å². The number of H-pyrrole nitrogens is 1. The molecule has 5 nitrogen and oxygen atoms in total. The molecule has 2 N–H and O–H groups in total. The van der Waals surface area contributed by atoms with Crippen molar-refractivity contribution in [1.29, 1.82) is 0 Å². The van der Waals surface area contributed by atoms with Crippen LogP contribution in [0.4, 0.5) is 0 Å². The summed E-state index contributed by atoms with van der Waals surface area (Å²) in [5.41, 5.74) is 4.69. The van der Waals surface area contributed by atoms with E-state index >= 15 is 0 Å². The summed E-state index contributed by atoms with van der Waals surface area (Å²) in [7, 11) is 0. The number of amides is 1. The molecule has 1 saturated heterocycles. The zero-order valence-electron chi connectivity index (χ0n) is 15.3. The summed E-state index contributed by atoms with van der Waals surface area (Å²) in [6, 6.07) is 20.0. The van der Waals surface area contributed by atoms with E-state index in [0.29, 0.717) is 12.2 Å². The third-order valence-electron chi connectivity index (χ3n) is 5.04. The van der Waals surface area contributed by atoms with Crippen molar-refractivity contribution in [3.63, 3.8) is 0 Å². The van der Waals surface area contributed by atoms with Crippen LogP contribution >= 0.6 is 0 Å². The topological polar surface area (TPSA) is 61.0 Å². The second-order valence-electron chi connectivity index (χ2n) is 6.97. The Labute approximate surface area is 159 Å². The van der Waals surface area contributed by atoms with E-state index in [4.69, 9.17) is 0 Å². The van der Waals surface area contributed by atoms with Crippen molar-refractivity contribution in [2.75, 3.05) is 13.1 Å². The lowest BCUT2D eigenvalue weighted by atomic mass is 10.1. The van der Waals surface area contributed by atoms with Gasteiger partial charge in [-0.3, -0.25) is 14.8 Å². The number of rotatable bonds is 6. The summed E-state index contributed by atoms with van der Waals surface area (Å²) < 4.78 is 0. The summed E-state index contributed by atoms with van der Waals surface area (Å²) in [6.45, 7) is 3.80. The van der Waals surface area contributed by atoms with Gasteiger partial charge in [0.15, 0.2) is 0 Å². The van der Waals surface area contributed by atoms with Gasteiger partial charge in [0.1, 0.15) is 5.69 Å². The van der Waals surface area contributed by atoms with Crippen molar-refractivity contribution in [3.8, 4) is 11.3 Å². The van der Waals surface area contributed by atoms with Crippen LogP contribution in [0.5, 0.6) is 0 Å². The minimum absolute atomic E-state index is 0.138. The highest BCUT2D eigenvalue weighted by Gasteiger charge is 2.15. The summed E-state index contributed by atoms with van der Waals surface area (Å²) in [5.74, 6) is -0.138. The zero-order valence-corrected chi connectivity index (χ0v) is 15.3. The van der Waals surface area contributed by atoms with Crippen LogP contribution in [0.25, 0.3) is 11.3 Å². The lowest BCUT2D eigenvalue weighted by molar-refractivity contribution is 0.0945. The molecule has 5 heteroatoms. The summed E-state index contributed by atoms with van der Waals surface area (Å²) in [6.07, 6.45) is 2.56. The fraction of sp³-hybridized carbons (Fsp3) is 0.273. The molecule has 0 radical (unpaired) electrons. The average Bonchev–Trinajstić information content (AvgIpc) is 3.40. The minimum atomic E-state index is -0.138. The Hall–Kier alpha value is -2.92. The molecule has 1 amide bonds. The van der Waals surface area contributed by atoms with Crippen molar-refractivity contribution in [1.82, 2.24) is 20.4 Å². The van der Waals surface area contributed by atoms with Gasteiger partial charge >= 0.3 is 0 Å². The normalized spacial score (nSPS) is 14.4. The molecule has 1 aromatic heterocycles. The Morgan fingerprint density at radius 1 is 1.00 bits per heavy atom. The van der Waals surface area contributed by atoms with Gasteiger partial charge in [-0.15, -0.1) is 0 Å². The van der Waals surface area contributed by atoms with Gasteiger partial charge in [-0.25, -0.2) is 0 Å². The van der Waals surface area contributed by atoms with E-state index in [0.717, 1.165) is 30.9 Å². The maximum Gasteiger partial charge on any atom is 0.269 e. The number of carbonyl (C=O) groups is 1. The molecule has 0 atom stereocenters. The number of aromatic amines is 1. The first-order valence-electron chi connectivity index (χ1n) is 9.48. The molecule has 1 fully saturated rings. The molecule has 2 aromatic carbocycles. The number of benzene rings is 2. The Morgan fingerprint density at radius 3 is 2.48 bits per heavy atom. The van der Waals surface area contributed by atoms with Crippen molar-refractivity contribution >= 4 is 5.91 Å². The third kappa shape index (κ3) is 4.26. The van der Waals surface area contributed by atoms with Gasteiger partial charge in [-0.1, -0.05) is 54.6 Å². The lowest BCUT2D eigenvalue weighted by Crippen LogP contribution is -2.25. The van der Waals surface area contributed by atoms with Gasteiger partial charge in [0.05, 0.1) is 5.69 Å². The molecule has 138 valence electrons. The van der Waals surface area contributed by atoms with E-state index in [1.807, 2.05) is 36.4 Å². The number of likely N-dealkylation sites (tertiary alicyclic amines) is 1. The molecule has 0 saturated carbocycles. The summed E-state index contributed by atoms with van der Waals surface area (Å²) in [4.78, 5) is 15.0. The summed E-state index contributed by atoms with van der Waals surface area (Å²) >= 11 is 0. The minimum Gasteiger partial charge on any atom is -0.347 e. The van der Waals surface area contributed by atoms with Crippen LogP contribution in [0.2, 0.25) is 0 Å². The first kappa shape index (κ1) is 17.5. The third-order valence-corrected chi connectivity index (χ3v) is 5.04. The van der Waals surface area contributed by atoms with E-state index in [2.05, 4.69) is 38.6 Å². The Morgan fingerprint density at radius 2 is 1.70 bits per heavy atom. The average molecular weight is 360 g/mol. The van der Waals surface area contributed by atoms with Gasteiger partial charge in [0.25, 0.3) is 5.91 Å². The van der Waals surface area contributed by atoms with Gasteiger partial charge in [0, 0.05) is 18.7 Å². The first-order valence-corrected chi connectivity index (χ1v) is 9.48. The predicted molar refractivity (Wildman–Crippen MR) is 106 cm³/mol. The van der Waals surface area contributed by atoms with Gasteiger partial charge in [-0.05, 0) is 43.1 Å². The highest BCUT2D eigenvalue weighted by molar-refractivity contribution is 5.93. The molecule has 27 heavy (non-hydrogen) atoms. The Kier molecular flexibility index (Phi) is 5.30. The molecule has 0 bridgehead atoms. The quantitative estimate of drug-likeness (QED) is 0.706. The van der Waals surface area contributed by atoms with Crippen LogP contribution in [-0.4, -0.2) is 34.1 Å². The van der Waals surface area contributed by atoms with Crippen LogP contribution < -0.4 is 5.32 Å². The fourth-order valence-electron chi connectivity index (χ4n) is 3.53. The Bertz CT molecular complexity index is 897. The van der Waals surface area contributed by atoms with E-state index < -0.39 is 0 Å². The highest BCUT2D eigenvalue weighted by atomic mass is 16.1. The van der Waals surface area contributed by atoms with Gasteiger partial charge in [0.2, 0.25) is 0 Å². The first-order chi connectivity index (χ1) is 13.3. The maximum absolute atomic E-state index is 12.5. The van der Waals surface area contributed by atoms with Crippen molar-refractivity contribution in [3.05, 3.63) is 77.5 Å². The van der Waals surface area contributed by atoms with Crippen LogP contribution in [0, 0.1) is 0 Å². The van der Waals surface area contributed by atoms with E-state index in [9.17, 15) is 4.79 Å². The van der Waals surface area contributed by atoms with Gasteiger partial charge in [-0.2, -0.15) is 5.10 Å². The molecular formula is C22H24N4O. The standard InChI is InChI=1S/C22H24N4O/c27-22(21-14-20(24-25-21)17-8-2-1-3-9-17)23-15-18-10-4-5-11-19(18)16-26-12-6-7-13-26/h1-5,8-11,14H,6-7,12-13,15-16H2,(H,23,27)(H,24,25). The molecule has 1 aliphatic heterocycles. The largest absolute Gasteiger partial charge is 0.347 e. The SMILES string of the molecule is O=C(NCc1ccccc1CN1CCCC1)c1cc(-c2ccccc2)n[nH]1. The van der Waals surface area contributed by atoms with Crippen LogP contribution in [0.15, 0.2) is 60.7 Å². The van der Waals surface area contributed by atoms with Crippen molar-refractivity contribution in [2.45, 2.75) is 25.9 Å². The van der Waals surface area contributed by atoms with Gasteiger partial charge < -0.3 is 5.32 Å². The summed E-state index contributed by atoms with van der Waals surface area (Å²) in [5, 5.41) is 10.1. The molecular weight excluding hydrogens is 336 g/mol. The number of carbonyl (C=O) groups excluding carboxylic acids is 1. The molecule has 1 aliphatic rings. The maximum atomic E-state index is 12.5. The smallest absolute Gasteiger partial charge is 0.269 e. The molecule has 2 heterocycles. The molecule has 4 rings (SSSR count). The molecule has 3 aromatic rings. The van der Waals surface area contributed by atoms with E-state index in [1.165, 1.54) is 24.0 Å². The second-order valence-corrected chi connectivity index (χ2v) is 6.97. The number of nitrogens with one attached hydrogen (secondary N) is 2. The predicted octanol–water partition coefficient (Wildman–Crippen LogP) is 3.60. The van der Waals surface area contributed by atoms with Crippen LogP contribution in [0.1, 0.15) is 34.5 Å². The monoisotopic (exact) mass is 360 g/mol. The Balaban J connectivity index is 1.40. The van der Waals surface area contributed by atoms with Crippen molar-refractivity contribution < 1.29 is 4.79 Å². The fourth-order valence-corrected chi connectivity index (χ4v) is 3.53.